The largest absolute Gasteiger partial charge is 0.369 e. The van der Waals surface area contributed by atoms with Crippen molar-refractivity contribution in [2.24, 2.45) is 5.73 Å². The molecule has 0 fully saturated rings. The predicted octanol–water partition coefficient (Wildman–Crippen LogP) is 1.52. The van der Waals surface area contributed by atoms with Gasteiger partial charge in [-0.1, -0.05) is 24.6 Å². The highest BCUT2D eigenvalue weighted by Gasteiger charge is 2.09. The number of amides is 1. The zero-order chi connectivity index (χ0) is 12.8. The van der Waals surface area contributed by atoms with Gasteiger partial charge in [-0.25, -0.2) is 0 Å². The normalized spacial score (nSPS) is 10.2. The Morgan fingerprint density at radius 1 is 1.59 bits per heavy atom. The molecule has 0 aliphatic rings. The molecule has 0 aliphatic carbocycles. The van der Waals surface area contributed by atoms with Gasteiger partial charge in [0.05, 0.1) is 18.2 Å². The van der Waals surface area contributed by atoms with Gasteiger partial charge in [0.25, 0.3) is 0 Å². The fourth-order valence-corrected chi connectivity index (χ4v) is 1.73. The Kier molecular flexibility index (Phi) is 4.95. The highest BCUT2D eigenvalue weighted by molar-refractivity contribution is 6.31. The molecule has 5 heteroatoms. The van der Waals surface area contributed by atoms with Crippen molar-refractivity contribution >= 4 is 17.5 Å². The lowest BCUT2D eigenvalue weighted by atomic mass is 10.1. The highest BCUT2D eigenvalue weighted by Crippen LogP contribution is 2.19. The molecule has 1 aromatic rings. The number of nitrogens with two attached hydrogens (primary N) is 1. The molecule has 0 saturated heterocycles. The minimum atomic E-state index is -0.364. The highest BCUT2D eigenvalue weighted by atomic mass is 35.5. The van der Waals surface area contributed by atoms with E-state index in [9.17, 15) is 4.79 Å². The van der Waals surface area contributed by atoms with Crippen LogP contribution in [0.2, 0.25) is 5.02 Å². The van der Waals surface area contributed by atoms with E-state index in [0.29, 0.717) is 23.7 Å². The average Bonchev–Trinajstić information content (AvgIpc) is 2.29. The van der Waals surface area contributed by atoms with Gasteiger partial charge in [0.1, 0.15) is 0 Å². The number of primary amides is 1. The van der Waals surface area contributed by atoms with E-state index in [1.54, 1.807) is 18.2 Å². The van der Waals surface area contributed by atoms with E-state index < -0.39 is 0 Å². The van der Waals surface area contributed by atoms with Gasteiger partial charge in [0, 0.05) is 11.6 Å². The molecule has 2 N–H and O–H groups in total. The molecule has 0 atom stereocenters. The Morgan fingerprint density at radius 2 is 2.29 bits per heavy atom. The van der Waals surface area contributed by atoms with Crippen LogP contribution in [0.1, 0.15) is 18.1 Å². The zero-order valence-electron chi connectivity index (χ0n) is 9.61. The third kappa shape index (κ3) is 4.06. The minimum Gasteiger partial charge on any atom is -0.369 e. The molecule has 0 radical (unpaired) electrons. The molecule has 0 spiro atoms. The van der Waals surface area contributed by atoms with Crippen molar-refractivity contribution < 1.29 is 4.79 Å². The Balaban J connectivity index is 2.80. The number of likely N-dealkylation sites (N-methyl/N-ethyl adjacent to an activating group) is 1. The molecule has 1 rings (SSSR count). The Morgan fingerprint density at radius 3 is 2.76 bits per heavy atom. The maximum absolute atomic E-state index is 10.8. The predicted molar refractivity (Wildman–Crippen MR) is 66.3 cm³/mol. The Labute approximate surface area is 106 Å². The second-order valence-electron chi connectivity index (χ2n) is 3.69. The van der Waals surface area contributed by atoms with Gasteiger partial charge in [-0.3, -0.25) is 9.69 Å². The third-order valence-electron chi connectivity index (χ3n) is 2.40. The summed E-state index contributed by atoms with van der Waals surface area (Å²) in [5, 5.41) is 9.25. The molecule has 1 amide bonds. The number of hydrogen-bond donors (Lipinski definition) is 1. The maximum Gasteiger partial charge on any atom is 0.231 e. The Bertz CT molecular complexity index is 454. The van der Waals surface area contributed by atoms with Gasteiger partial charge >= 0.3 is 0 Å². The molecule has 0 unspecified atom stereocenters. The summed E-state index contributed by atoms with van der Waals surface area (Å²) in [7, 11) is 0. The van der Waals surface area contributed by atoms with Crippen molar-refractivity contribution in [1.82, 2.24) is 4.90 Å². The first-order valence-electron chi connectivity index (χ1n) is 5.26. The molecule has 0 bridgehead atoms. The SMILES string of the molecule is CCN(CC(N)=O)Cc1ccc(C#N)cc1Cl. The first kappa shape index (κ1) is 13.5. The van der Waals surface area contributed by atoms with Crippen molar-refractivity contribution in [2.75, 3.05) is 13.1 Å². The summed E-state index contributed by atoms with van der Waals surface area (Å²) in [4.78, 5) is 12.7. The van der Waals surface area contributed by atoms with Crippen LogP contribution in [-0.2, 0) is 11.3 Å². The molecular weight excluding hydrogens is 238 g/mol. The quantitative estimate of drug-likeness (QED) is 0.863. The molecule has 0 aliphatic heterocycles. The van der Waals surface area contributed by atoms with Crippen LogP contribution >= 0.6 is 11.6 Å². The number of carbonyl (C=O) groups excluding carboxylic acids is 1. The van der Waals surface area contributed by atoms with Gasteiger partial charge in [-0.05, 0) is 24.2 Å². The summed E-state index contributed by atoms with van der Waals surface area (Å²) < 4.78 is 0. The molecular formula is C12H14ClN3O. The van der Waals surface area contributed by atoms with Gasteiger partial charge < -0.3 is 5.73 Å². The number of rotatable bonds is 5. The molecule has 1 aromatic carbocycles. The van der Waals surface area contributed by atoms with E-state index in [1.165, 1.54) is 0 Å². The topological polar surface area (TPSA) is 70.1 Å². The smallest absolute Gasteiger partial charge is 0.231 e. The van der Waals surface area contributed by atoms with Gasteiger partial charge in [0.15, 0.2) is 0 Å². The fraction of sp³-hybridized carbons (Fsp3) is 0.333. The zero-order valence-corrected chi connectivity index (χ0v) is 10.4. The van der Waals surface area contributed by atoms with E-state index in [0.717, 1.165) is 5.56 Å². The van der Waals surface area contributed by atoms with Crippen LogP contribution in [0.5, 0.6) is 0 Å². The molecule has 90 valence electrons. The summed E-state index contributed by atoms with van der Waals surface area (Å²) in [5.74, 6) is -0.364. The lowest BCUT2D eigenvalue weighted by Gasteiger charge is -2.19. The first-order chi connectivity index (χ1) is 8.06. The van der Waals surface area contributed by atoms with Crippen molar-refractivity contribution in [3.8, 4) is 6.07 Å². The third-order valence-corrected chi connectivity index (χ3v) is 2.75. The number of halogens is 1. The number of nitriles is 1. The lowest BCUT2D eigenvalue weighted by molar-refractivity contribution is -0.119. The monoisotopic (exact) mass is 251 g/mol. The lowest BCUT2D eigenvalue weighted by Crippen LogP contribution is -2.33. The minimum absolute atomic E-state index is 0.201. The van der Waals surface area contributed by atoms with E-state index in [1.807, 2.05) is 17.9 Å². The molecule has 0 aromatic heterocycles. The summed E-state index contributed by atoms with van der Waals surface area (Å²) in [6.07, 6.45) is 0. The van der Waals surface area contributed by atoms with E-state index in [2.05, 4.69) is 0 Å². The maximum atomic E-state index is 10.8. The second-order valence-corrected chi connectivity index (χ2v) is 4.09. The number of carbonyl (C=O) groups is 1. The van der Waals surface area contributed by atoms with Crippen molar-refractivity contribution in [3.63, 3.8) is 0 Å². The van der Waals surface area contributed by atoms with E-state index in [4.69, 9.17) is 22.6 Å². The van der Waals surface area contributed by atoms with Gasteiger partial charge in [-0.15, -0.1) is 0 Å². The molecule has 0 saturated carbocycles. The van der Waals surface area contributed by atoms with Crippen molar-refractivity contribution in [1.29, 1.82) is 5.26 Å². The van der Waals surface area contributed by atoms with Crippen LogP contribution in [0, 0.1) is 11.3 Å². The average molecular weight is 252 g/mol. The van der Waals surface area contributed by atoms with Crippen molar-refractivity contribution in [3.05, 3.63) is 34.3 Å². The number of nitrogens with zero attached hydrogens (tertiary/aromatic N) is 2. The summed E-state index contributed by atoms with van der Waals surface area (Å²) in [6.45, 7) is 3.40. The Hall–Kier alpha value is -1.57. The van der Waals surface area contributed by atoms with Crippen LogP contribution in [0.4, 0.5) is 0 Å². The molecule has 0 heterocycles. The van der Waals surface area contributed by atoms with Crippen LogP contribution in [0.25, 0.3) is 0 Å². The standard InChI is InChI=1S/C12H14ClN3O/c1-2-16(8-12(15)17)7-10-4-3-9(6-14)5-11(10)13/h3-5H,2,7-8H2,1H3,(H2,15,17). The molecule has 17 heavy (non-hydrogen) atoms. The number of benzene rings is 1. The van der Waals surface area contributed by atoms with Crippen LogP contribution in [-0.4, -0.2) is 23.9 Å². The summed E-state index contributed by atoms with van der Waals surface area (Å²) >= 11 is 6.05. The van der Waals surface area contributed by atoms with Gasteiger partial charge in [0.2, 0.25) is 5.91 Å². The first-order valence-corrected chi connectivity index (χ1v) is 5.63. The summed E-state index contributed by atoms with van der Waals surface area (Å²) in [6, 6.07) is 7.15. The van der Waals surface area contributed by atoms with Crippen LogP contribution in [0.15, 0.2) is 18.2 Å². The fourth-order valence-electron chi connectivity index (χ4n) is 1.49. The van der Waals surface area contributed by atoms with Crippen LogP contribution < -0.4 is 5.73 Å². The van der Waals surface area contributed by atoms with Gasteiger partial charge in [-0.2, -0.15) is 5.26 Å². The number of hydrogen-bond acceptors (Lipinski definition) is 3. The van der Waals surface area contributed by atoms with Crippen LogP contribution in [0.3, 0.4) is 0 Å². The van der Waals surface area contributed by atoms with E-state index in [-0.39, 0.29) is 12.5 Å². The molecule has 4 nitrogen and oxygen atoms in total. The summed E-state index contributed by atoms with van der Waals surface area (Å²) in [5.41, 5.74) is 6.56. The van der Waals surface area contributed by atoms with Crippen molar-refractivity contribution in [2.45, 2.75) is 13.5 Å². The van der Waals surface area contributed by atoms with E-state index >= 15 is 0 Å². The second kappa shape index (κ2) is 6.24.